The second-order valence-corrected chi connectivity index (χ2v) is 8.00. The molecule has 2 aliphatic heterocycles. The second-order valence-electron chi connectivity index (χ2n) is 8.00. The second kappa shape index (κ2) is 8.44. The van der Waals surface area contributed by atoms with Crippen LogP contribution in [0.1, 0.15) is 23.7 Å². The van der Waals surface area contributed by atoms with E-state index in [2.05, 4.69) is 11.8 Å². The fourth-order valence-electron chi connectivity index (χ4n) is 4.24. The molecular formula is C26H26N2O3. The molecule has 0 N–H and O–H groups in total. The Morgan fingerprint density at radius 3 is 2.55 bits per heavy atom. The van der Waals surface area contributed by atoms with Gasteiger partial charge in [-0.1, -0.05) is 43.3 Å². The average Bonchev–Trinajstić information content (AvgIpc) is 3.28. The minimum absolute atomic E-state index is 0.0519. The third-order valence-electron chi connectivity index (χ3n) is 6.04. The van der Waals surface area contributed by atoms with Crippen LogP contribution in [0.3, 0.4) is 0 Å². The highest BCUT2D eigenvalue weighted by molar-refractivity contribution is 6.09. The van der Waals surface area contributed by atoms with Gasteiger partial charge >= 0.3 is 0 Å². The van der Waals surface area contributed by atoms with Gasteiger partial charge in [-0.25, -0.2) is 0 Å². The third-order valence-corrected chi connectivity index (χ3v) is 6.04. The van der Waals surface area contributed by atoms with Gasteiger partial charge in [0.15, 0.2) is 6.73 Å². The number of amides is 1. The van der Waals surface area contributed by atoms with E-state index in [4.69, 9.17) is 9.47 Å². The molecule has 5 nitrogen and oxygen atoms in total. The number of anilines is 1. The summed E-state index contributed by atoms with van der Waals surface area (Å²) in [6.07, 6.45) is 1.28. The van der Waals surface area contributed by atoms with Crippen LogP contribution in [-0.2, 0) is 0 Å². The first-order valence-electron chi connectivity index (χ1n) is 10.8. The average molecular weight is 415 g/mol. The van der Waals surface area contributed by atoms with Crippen molar-refractivity contribution >= 4 is 11.6 Å². The number of likely N-dealkylation sites (tertiary alicyclic amines) is 1. The van der Waals surface area contributed by atoms with Crippen LogP contribution >= 0.6 is 0 Å². The summed E-state index contributed by atoms with van der Waals surface area (Å²) < 4.78 is 12.1. The Kier molecular flexibility index (Phi) is 5.35. The minimum atomic E-state index is -0.0519. The normalized spacial score (nSPS) is 18.5. The highest BCUT2D eigenvalue weighted by atomic mass is 16.5. The zero-order valence-electron chi connectivity index (χ0n) is 17.7. The molecule has 2 heterocycles. The molecule has 3 aromatic rings. The Labute approximate surface area is 182 Å². The first-order chi connectivity index (χ1) is 15.2. The summed E-state index contributed by atoms with van der Waals surface area (Å²) >= 11 is 0. The topological polar surface area (TPSA) is 42.0 Å². The summed E-state index contributed by atoms with van der Waals surface area (Å²) in [6, 6.07) is 23.6. The van der Waals surface area contributed by atoms with Gasteiger partial charge in [0, 0.05) is 18.8 Å². The molecule has 0 radical (unpaired) electrons. The van der Waals surface area contributed by atoms with Crippen molar-refractivity contribution in [3.05, 3.63) is 78.4 Å². The number of hydrogen-bond acceptors (Lipinski definition) is 4. The number of likely N-dealkylation sites (N-methyl/N-ethyl adjacent to an activating group) is 1. The van der Waals surface area contributed by atoms with Gasteiger partial charge in [0.05, 0.1) is 5.56 Å². The van der Waals surface area contributed by atoms with Crippen molar-refractivity contribution in [3.63, 3.8) is 0 Å². The quantitative estimate of drug-likeness (QED) is 0.600. The molecule has 0 saturated carbocycles. The number of nitrogens with zero attached hydrogens (tertiary/aromatic N) is 2. The number of carbonyl (C=O) groups excluding carboxylic acids is 1. The zero-order chi connectivity index (χ0) is 21.2. The van der Waals surface area contributed by atoms with E-state index in [1.54, 1.807) is 4.90 Å². The Bertz CT molecular complexity index is 1070. The first-order valence-corrected chi connectivity index (χ1v) is 10.8. The number of benzene rings is 3. The van der Waals surface area contributed by atoms with Crippen LogP contribution < -0.4 is 14.4 Å². The highest BCUT2D eigenvalue weighted by Crippen LogP contribution is 2.33. The molecular weight excluding hydrogens is 388 g/mol. The molecule has 5 rings (SSSR count). The predicted molar refractivity (Wildman–Crippen MR) is 122 cm³/mol. The van der Waals surface area contributed by atoms with E-state index in [9.17, 15) is 4.79 Å². The SMILES string of the molecule is CCN1CC[C@H](Oc2ccc(N3COc4cc(-c5ccccc5)ccc4C3=O)cc2)C1. The minimum Gasteiger partial charge on any atom is -0.489 e. The molecule has 0 aliphatic carbocycles. The van der Waals surface area contributed by atoms with Crippen LogP contribution in [0.5, 0.6) is 11.5 Å². The van der Waals surface area contributed by atoms with Crippen LogP contribution in [-0.4, -0.2) is 43.3 Å². The maximum Gasteiger partial charge on any atom is 0.264 e. The standard InChI is InChI=1S/C26H26N2O3/c1-2-27-15-14-23(17-27)31-22-11-9-21(10-12-22)28-18-30-25-16-20(8-13-24(25)26(28)29)19-6-4-3-5-7-19/h3-13,16,23H,2,14-15,17-18H2,1H3/t23-/m0/s1. The van der Waals surface area contributed by atoms with Crippen molar-refractivity contribution in [3.8, 4) is 22.6 Å². The number of rotatable bonds is 5. The predicted octanol–water partition coefficient (Wildman–Crippen LogP) is 4.82. The zero-order valence-corrected chi connectivity index (χ0v) is 17.7. The molecule has 1 fully saturated rings. The maximum atomic E-state index is 13.1. The summed E-state index contributed by atoms with van der Waals surface area (Å²) in [7, 11) is 0. The number of carbonyl (C=O) groups is 1. The maximum absolute atomic E-state index is 13.1. The largest absolute Gasteiger partial charge is 0.489 e. The smallest absolute Gasteiger partial charge is 0.264 e. The number of fused-ring (bicyclic) bond motifs is 1. The van der Waals surface area contributed by atoms with E-state index in [0.29, 0.717) is 11.3 Å². The first kappa shape index (κ1) is 19.6. The third kappa shape index (κ3) is 4.01. The van der Waals surface area contributed by atoms with Crippen molar-refractivity contribution in [1.29, 1.82) is 0 Å². The van der Waals surface area contributed by atoms with E-state index in [1.807, 2.05) is 72.8 Å². The van der Waals surface area contributed by atoms with Crippen molar-refractivity contribution in [2.45, 2.75) is 19.4 Å². The van der Waals surface area contributed by atoms with Crippen LogP contribution in [0.4, 0.5) is 5.69 Å². The lowest BCUT2D eigenvalue weighted by Gasteiger charge is -2.29. The summed E-state index contributed by atoms with van der Waals surface area (Å²) in [4.78, 5) is 17.2. The van der Waals surface area contributed by atoms with Crippen LogP contribution in [0.2, 0.25) is 0 Å². The summed E-state index contributed by atoms with van der Waals surface area (Å²) in [5.74, 6) is 1.41. The summed E-state index contributed by atoms with van der Waals surface area (Å²) in [6.45, 7) is 5.49. The van der Waals surface area contributed by atoms with E-state index in [-0.39, 0.29) is 18.7 Å². The van der Waals surface area contributed by atoms with Gasteiger partial charge in [-0.05, 0) is 60.5 Å². The van der Waals surface area contributed by atoms with Gasteiger partial charge in [-0.2, -0.15) is 0 Å². The van der Waals surface area contributed by atoms with E-state index >= 15 is 0 Å². The highest BCUT2D eigenvalue weighted by Gasteiger charge is 2.27. The lowest BCUT2D eigenvalue weighted by Crippen LogP contribution is -2.38. The van der Waals surface area contributed by atoms with Crippen LogP contribution in [0.25, 0.3) is 11.1 Å². The molecule has 3 aromatic carbocycles. The number of ether oxygens (including phenoxy) is 2. The Balaban J connectivity index is 1.30. The van der Waals surface area contributed by atoms with Crippen molar-refractivity contribution < 1.29 is 14.3 Å². The summed E-state index contributed by atoms with van der Waals surface area (Å²) in [5.41, 5.74) is 3.52. The van der Waals surface area contributed by atoms with Crippen molar-refractivity contribution in [1.82, 2.24) is 4.90 Å². The van der Waals surface area contributed by atoms with E-state index in [0.717, 1.165) is 48.6 Å². The van der Waals surface area contributed by atoms with Gasteiger partial charge in [-0.15, -0.1) is 0 Å². The molecule has 31 heavy (non-hydrogen) atoms. The fourth-order valence-corrected chi connectivity index (χ4v) is 4.24. The van der Waals surface area contributed by atoms with Crippen LogP contribution in [0, 0.1) is 0 Å². The Morgan fingerprint density at radius 2 is 1.81 bits per heavy atom. The molecule has 158 valence electrons. The fraction of sp³-hybridized carbons (Fsp3) is 0.269. The molecule has 2 aliphatic rings. The van der Waals surface area contributed by atoms with Gasteiger partial charge in [0.25, 0.3) is 5.91 Å². The lowest BCUT2D eigenvalue weighted by atomic mass is 10.0. The molecule has 1 atom stereocenters. The monoisotopic (exact) mass is 414 g/mol. The lowest BCUT2D eigenvalue weighted by molar-refractivity contribution is 0.0937. The van der Waals surface area contributed by atoms with E-state index in [1.165, 1.54) is 0 Å². The Morgan fingerprint density at radius 1 is 1.00 bits per heavy atom. The molecule has 0 spiro atoms. The van der Waals surface area contributed by atoms with Gasteiger partial charge < -0.3 is 9.47 Å². The molecule has 0 bridgehead atoms. The van der Waals surface area contributed by atoms with E-state index < -0.39 is 0 Å². The molecule has 5 heteroatoms. The summed E-state index contributed by atoms with van der Waals surface area (Å²) in [5, 5.41) is 0. The van der Waals surface area contributed by atoms with Crippen molar-refractivity contribution in [2.75, 3.05) is 31.3 Å². The molecule has 0 unspecified atom stereocenters. The van der Waals surface area contributed by atoms with Gasteiger partial charge in [0.1, 0.15) is 17.6 Å². The molecule has 1 saturated heterocycles. The van der Waals surface area contributed by atoms with Gasteiger partial charge in [-0.3, -0.25) is 14.6 Å². The number of hydrogen-bond donors (Lipinski definition) is 0. The molecule has 0 aromatic heterocycles. The van der Waals surface area contributed by atoms with Crippen molar-refractivity contribution in [2.24, 2.45) is 0 Å². The van der Waals surface area contributed by atoms with Crippen LogP contribution in [0.15, 0.2) is 72.8 Å². The Hall–Kier alpha value is -3.31. The van der Waals surface area contributed by atoms with Gasteiger partial charge in [0.2, 0.25) is 0 Å². The molecule has 1 amide bonds.